The summed E-state index contributed by atoms with van der Waals surface area (Å²) < 4.78 is 38.4. The molecule has 20 heavy (non-hydrogen) atoms. The van der Waals surface area contributed by atoms with Crippen molar-refractivity contribution < 1.29 is 23.1 Å². The van der Waals surface area contributed by atoms with E-state index in [0.29, 0.717) is 16.5 Å². The highest BCUT2D eigenvalue weighted by Gasteiger charge is 2.31. The molecule has 1 heterocycles. The molecule has 0 unspecified atom stereocenters. The second kappa shape index (κ2) is 4.77. The summed E-state index contributed by atoms with van der Waals surface area (Å²) in [7, 11) is 0. The predicted octanol–water partition coefficient (Wildman–Crippen LogP) is 4.57. The molecule has 6 heteroatoms. The number of alkyl halides is 3. The monoisotopic (exact) mass is 302 g/mol. The third-order valence-corrected chi connectivity index (χ3v) is 4.19. The van der Waals surface area contributed by atoms with Gasteiger partial charge in [0.25, 0.3) is 0 Å². The third kappa shape index (κ3) is 2.95. The van der Waals surface area contributed by atoms with Crippen LogP contribution in [0.25, 0.3) is 10.1 Å². The predicted molar refractivity (Wildman–Crippen MR) is 71.9 cm³/mol. The average molecular weight is 302 g/mol. The van der Waals surface area contributed by atoms with Crippen LogP contribution in [0.3, 0.4) is 0 Å². The second-order valence-corrected chi connectivity index (χ2v) is 6.50. The summed E-state index contributed by atoms with van der Waals surface area (Å²) in [5.74, 6) is -0.925. The van der Waals surface area contributed by atoms with E-state index in [9.17, 15) is 18.0 Å². The molecule has 0 radical (unpaired) electrons. The van der Waals surface area contributed by atoms with Crippen LogP contribution in [0.1, 0.15) is 24.3 Å². The molecule has 1 N–H and O–H groups in total. The Hall–Kier alpha value is -1.56. The van der Waals surface area contributed by atoms with Crippen LogP contribution in [0, 0.1) is 5.41 Å². The number of rotatable bonds is 3. The Bertz CT molecular complexity index is 656. The van der Waals surface area contributed by atoms with Gasteiger partial charge in [0.05, 0.1) is 11.0 Å². The van der Waals surface area contributed by atoms with Crippen molar-refractivity contribution in [1.29, 1.82) is 0 Å². The molecule has 0 aliphatic rings. The Morgan fingerprint density at radius 3 is 2.45 bits per heavy atom. The zero-order valence-corrected chi connectivity index (χ0v) is 11.7. The lowest BCUT2D eigenvalue weighted by Gasteiger charge is -2.17. The molecule has 0 spiro atoms. The lowest BCUT2D eigenvalue weighted by Crippen LogP contribution is -2.25. The quantitative estimate of drug-likeness (QED) is 0.901. The van der Waals surface area contributed by atoms with Crippen molar-refractivity contribution in [3.63, 3.8) is 0 Å². The van der Waals surface area contributed by atoms with Crippen LogP contribution in [0.15, 0.2) is 24.3 Å². The van der Waals surface area contributed by atoms with Gasteiger partial charge in [0.2, 0.25) is 0 Å². The highest BCUT2D eigenvalue weighted by Crippen LogP contribution is 2.36. The molecule has 0 aliphatic carbocycles. The van der Waals surface area contributed by atoms with Gasteiger partial charge in [0.1, 0.15) is 0 Å². The van der Waals surface area contributed by atoms with Gasteiger partial charge >= 0.3 is 12.1 Å². The maximum Gasteiger partial charge on any atom is 0.416 e. The summed E-state index contributed by atoms with van der Waals surface area (Å²) in [5, 5.41) is 9.79. The number of carbonyl (C=O) groups is 1. The maximum absolute atomic E-state index is 12.6. The largest absolute Gasteiger partial charge is 0.481 e. The van der Waals surface area contributed by atoms with Crippen LogP contribution in [-0.4, -0.2) is 11.1 Å². The molecule has 1 aromatic carbocycles. The zero-order chi connectivity index (χ0) is 15.1. The van der Waals surface area contributed by atoms with Crippen LogP contribution < -0.4 is 0 Å². The molecule has 2 nitrogen and oxygen atoms in total. The first-order chi connectivity index (χ1) is 9.09. The van der Waals surface area contributed by atoms with Crippen LogP contribution in [0.2, 0.25) is 0 Å². The SMILES string of the molecule is CC(C)(Cc1cc2ccc(C(F)(F)F)cc2s1)C(=O)O. The molecule has 108 valence electrons. The minimum atomic E-state index is -4.36. The van der Waals surface area contributed by atoms with Gasteiger partial charge in [-0.1, -0.05) is 6.07 Å². The standard InChI is InChI=1S/C14H13F3O2S/c1-13(2,12(18)19)7-10-5-8-3-4-9(14(15,16)17)6-11(8)20-10/h3-6H,7H2,1-2H3,(H,18,19). The van der Waals surface area contributed by atoms with Crippen molar-refractivity contribution in [2.45, 2.75) is 26.4 Å². The van der Waals surface area contributed by atoms with Gasteiger partial charge in [-0.15, -0.1) is 11.3 Å². The van der Waals surface area contributed by atoms with E-state index >= 15 is 0 Å². The number of benzene rings is 1. The number of fused-ring (bicyclic) bond motifs is 1. The first-order valence-electron chi connectivity index (χ1n) is 5.93. The fourth-order valence-corrected chi connectivity index (χ4v) is 3.19. The number of carboxylic acids is 1. The Kier molecular flexibility index (Phi) is 3.54. The number of hydrogen-bond acceptors (Lipinski definition) is 2. The van der Waals surface area contributed by atoms with Crippen molar-refractivity contribution in [1.82, 2.24) is 0 Å². The molecular formula is C14H13F3O2S. The molecule has 0 saturated carbocycles. The normalized spacial score (nSPS) is 12.8. The van der Waals surface area contributed by atoms with Gasteiger partial charge in [0.15, 0.2) is 0 Å². The van der Waals surface area contributed by atoms with Gasteiger partial charge in [-0.05, 0) is 43.9 Å². The maximum atomic E-state index is 12.6. The van der Waals surface area contributed by atoms with Crippen LogP contribution in [0.5, 0.6) is 0 Å². The van der Waals surface area contributed by atoms with E-state index in [2.05, 4.69) is 0 Å². The molecule has 0 bridgehead atoms. The Morgan fingerprint density at radius 2 is 1.90 bits per heavy atom. The number of halogens is 3. The van der Waals surface area contributed by atoms with E-state index in [1.165, 1.54) is 17.4 Å². The third-order valence-electron chi connectivity index (χ3n) is 3.09. The molecule has 2 aromatic rings. The number of hydrogen-bond donors (Lipinski definition) is 1. The first kappa shape index (κ1) is 14.8. The summed E-state index contributed by atoms with van der Waals surface area (Å²) in [6.45, 7) is 3.20. The van der Waals surface area contributed by atoms with Gasteiger partial charge < -0.3 is 5.11 Å². The number of carboxylic acid groups (broad SMARTS) is 1. The smallest absolute Gasteiger partial charge is 0.416 e. The van der Waals surface area contributed by atoms with E-state index in [0.717, 1.165) is 17.0 Å². The summed E-state index contributed by atoms with van der Waals surface area (Å²) in [6, 6.07) is 5.33. The zero-order valence-electron chi connectivity index (χ0n) is 10.9. The van der Waals surface area contributed by atoms with Crippen molar-refractivity contribution >= 4 is 27.4 Å². The Balaban J connectivity index is 2.37. The van der Waals surface area contributed by atoms with E-state index in [4.69, 9.17) is 5.11 Å². The Morgan fingerprint density at radius 1 is 1.25 bits per heavy atom. The lowest BCUT2D eigenvalue weighted by molar-refractivity contribution is -0.146. The van der Waals surface area contributed by atoms with Crippen LogP contribution >= 0.6 is 11.3 Å². The van der Waals surface area contributed by atoms with Crippen molar-refractivity contribution in [3.05, 3.63) is 34.7 Å². The van der Waals surface area contributed by atoms with Gasteiger partial charge in [-0.25, -0.2) is 0 Å². The lowest BCUT2D eigenvalue weighted by atomic mass is 9.89. The van der Waals surface area contributed by atoms with E-state index in [-0.39, 0.29) is 0 Å². The Labute approximate surface area is 117 Å². The number of thiophene rings is 1. The molecular weight excluding hydrogens is 289 g/mol. The summed E-state index contributed by atoms with van der Waals surface area (Å²) in [4.78, 5) is 11.9. The molecule has 0 atom stereocenters. The van der Waals surface area contributed by atoms with Gasteiger partial charge in [-0.2, -0.15) is 13.2 Å². The van der Waals surface area contributed by atoms with E-state index < -0.39 is 23.1 Å². The van der Waals surface area contributed by atoms with E-state index in [1.54, 1.807) is 19.9 Å². The fraction of sp³-hybridized carbons (Fsp3) is 0.357. The van der Waals surface area contributed by atoms with Crippen molar-refractivity contribution in [2.75, 3.05) is 0 Å². The topological polar surface area (TPSA) is 37.3 Å². The fourth-order valence-electron chi connectivity index (χ4n) is 1.86. The van der Waals surface area contributed by atoms with Crippen molar-refractivity contribution in [2.24, 2.45) is 5.41 Å². The number of aliphatic carboxylic acids is 1. The second-order valence-electron chi connectivity index (χ2n) is 5.33. The van der Waals surface area contributed by atoms with Crippen molar-refractivity contribution in [3.8, 4) is 0 Å². The minimum absolute atomic E-state index is 0.295. The highest BCUT2D eigenvalue weighted by atomic mass is 32.1. The highest BCUT2D eigenvalue weighted by molar-refractivity contribution is 7.19. The first-order valence-corrected chi connectivity index (χ1v) is 6.74. The summed E-state index contributed by atoms with van der Waals surface area (Å²) in [6.07, 6.45) is -4.07. The average Bonchev–Trinajstić information content (AvgIpc) is 2.67. The van der Waals surface area contributed by atoms with E-state index in [1.807, 2.05) is 0 Å². The molecule has 0 fully saturated rings. The molecule has 0 saturated heterocycles. The van der Waals surface area contributed by atoms with Gasteiger partial charge in [-0.3, -0.25) is 4.79 Å². The summed E-state index contributed by atoms with van der Waals surface area (Å²) in [5.41, 5.74) is -1.62. The molecule has 1 aromatic heterocycles. The van der Waals surface area contributed by atoms with Crippen LogP contribution in [0.4, 0.5) is 13.2 Å². The minimum Gasteiger partial charge on any atom is -0.481 e. The molecule has 2 rings (SSSR count). The van der Waals surface area contributed by atoms with Gasteiger partial charge in [0, 0.05) is 9.58 Å². The molecule has 0 amide bonds. The molecule has 0 aliphatic heterocycles. The van der Waals surface area contributed by atoms with Crippen LogP contribution in [-0.2, 0) is 17.4 Å². The summed E-state index contributed by atoms with van der Waals surface area (Å²) >= 11 is 1.21.